The molecule has 3 heterocycles. The Morgan fingerprint density at radius 1 is 1.00 bits per heavy atom. The van der Waals surface area contributed by atoms with Crippen molar-refractivity contribution in [3.8, 4) is 6.01 Å². The number of fused-ring (bicyclic) bond motifs is 1. The summed E-state index contributed by atoms with van der Waals surface area (Å²) in [5.41, 5.74) is 5.57. The average molecular weight is 550 g/mol. The van der Waals surface area contributed by atoms with Gasteiger partial charge < -0.3 is 15.4 Å². The van der Waals surface area contributed by atoms with E-state index in [-0.39, 0.29) is 17.9 Å². The summed E-state index contributed by atoms with van der Waals surface area (Å²) in [5.74, 6) is 0.304. The van der Waals surface area contributed by atoms with Crippen molar-refractivity contribution in [2.45, 2.75) is 33.4 Å². The number of nitrogens with zero attached hydrogens (tertiary/aromatic N) is 7. The highest BCUT2D eigenvalue weighted by molar-refractivity contribution is 6.31. The predicted octanol–water partition coefficient (Wildman–Crippen LogP) is 5.76. The minimum Gasteiger partial charge on any atom is -0.457 e. The molecule has 0 amide bonds. The maximum absolute atomic E-state index is 6.11. The Labute approximate surface area is 229 Å². The van der Waals surface area contributed by atoms with Crippen LogP contribution in [0.5, 0.6) is 6.01 Å². The fourth-order valence-electron chi connectivity index (χ4n) is 3.97. The van der Waals surface area contributed by atoms with Crippen molar-refractivity contribution < 1.29 is 4.74 Å². The minimum atomic E-state index is 0.0324. The van der Waals surface area contributed by atoms with Crippen LogP contribution in [0.25, 0.3) is 10.9 Å². The second-order valence-electron chi connectivity index (χ2n) is 8.66. The number of para-hydroxylation sites is 1. The maximum atomic E-state index is 6.11. The van der Waals surface area contributed by atoms with Gasteiger partial charge in [0.05, 0.1) is 11.7 Å². The number of hydrogen-bond acceptors (Lipinski definition) is 9. The van der Waals surface area contributed by atoms with E-state index in [0.717, 1.165) is 46.4 Å². The van der Waals surface area contributed by atoms with Crippen molar-refractivity contribution in [1.29, 1.82) is 0 Å². The molecule has 0 aliphatic carbocycles. The topological polar surface area (TPSA) is 116 Å². The maximum Gasteiger partial charge on any atom is 0.322 e. The number of aryl methyl sites for hydroxylation is 3. The molecule has 3 aromatic heterocycles. The van der Waals surface area contributed by atoms with Crippen LogP contribution in [0.1, 0.15) is 23.2 Å². The SMILES string of the molecule is Cc1cccc(C)c1Nc1nc(Cl)nc(OCc2cn(CCCNc3ccnc4cc(Cl)ccc34)nn2)n1. The molecule has 0 bridgehead atoms. The standard InChI is InChI=1S/C26H25Cl2N9O/c1-16-5-3-6-17(2)23(16)31-25-32-24(28)33-26(34-25)38-15-19-14-37(36-35-19)12-4-10-29-21-9-11-30-22-13-18(27)7-8-20(21)22/h3,5-9,11,13-14H,4,10,12,15H2,1-2H3,(H,29,30)(H,31,32,33,34). The van der Waals surface area contributed by atoms with E-state index in [1.165, 1.54) is 0 Å². The second-order valence-corrected chi connectivity index (χ2v) is 9.44. The zero-order valence-corrected chi connectivity index (χ0v) is 22.3. The lowest BCUT2D eigenvalue weighted by molar-refractivity contribution is 0.276. The summed E-state index contributed by atoms with van der Waals surface area (Å²) in [6, 6.07) is 13.8. The molecule has 0 fully saturated rings. The van der Waals surface area contributed by atoms with E-state index < -0.39 is 0 Å². The van der Waals surface area contributed by atoms with Crippen LogP contribution < -0.4 is 15.4 Å². The van der Waals surface area contributed by atoms with Gasteiger partial charge in [-0.05, 0) is 67.3 Å². The van der Waals surface area contributed by atoms with E-state index in [9.17, 15) is 0 Å². The van der Waals surface area contributed by atoms with E-state index in [1.807, 2.05) is 62.5 Å². The van der Waals surface area contributed by atoms with Gasteiger partial charge in [0.2, 0.25) is 11.2 Å². The molecule has 0 radical (unpaired) electrons. The average Bonchev–Trinajstić information content (AvgIpc) is 3.35. The molecule has 0 unspecified atom stereocenters. The molecule has 2 aromatic carbocycles. The summed E-state index contributed by atoms with van der Waals surface area (Å²) in [4.78, 5) is 16.9. The molecule has 2 N–H and O–H groups in total. The number of aromatic nitrogens is 7. The molecular weight excluding hydrogens is 525 g/mol. The molecule has 0 atom stereocenters. The van der Waals surface area contributed by atoms with E-state index in [1.54, 1.807) is 10.9 Å². The first-order valence-electron chi connectivity index (χ1n) is 12.0. The van der Waals surface area contributed by atoms with Gasteiger partial charge in [-0.2, -0.15) is 15.0 Å². The van der Waals surface area contributed by atoms with Crippen LogP contribution in [0.4, 0.5) is 17.3 Å². The highest BCUT2D eigenvalue weighted by atomic mass is 35.5. The number of hydrogen-bond donors (Lipinski definition) is 2. The summed E-state index contributed by atoms with van der Waals surface area (Å²) >= 11 is 12.2. The van der Waals surface area contributed by atoms with Crippen LogP contribution >= 0.6 is 23.2 Å². The van der Waals surface area contributed by atoms with Gasteiger partial charge in [-0.1, -0.05) is 35.0 Å². The number of ether oxygens (including phenoxy) is 1. The van der Waals surface area contributed by atoms with E-state index >= 15 is 0 Å². The molecule has 0 saturated carbocycles. The van der Waals surface area contributed by atoms with Crippen molar-refractivity contribution in [3.05, 3.63) is 82.0 Å². The Morgan fingerprint density at radius 3 is 2.68 bits per heavy atom. The molecule has 12 heteroatoms. The third-order valence-corrected chi connectivity index (χ3v) is 6.23. The Bertz CT molecular complexity index is 1550. The van der Waals surface area contributed by atoms with Gasteiger partial charge in [0.25, 0.3) is 0 Å². The van der Waals surface area contributed by atoms with E-state index in [2.05, 4.69) is 40.9 Å². The number of rotatable bonds is 10. The van der Waals surface area contributed by atoms with Crippen LogP contribution in [0.2, 0.25) is 10.3 Å². The molecule has 10 nitrogen and oxygen atoms in total. The van der Waals surface area contributed by atoms with Gasteiger partial charge in [-0.3, -0.25) is 9.67 Å². The second kappa shape index (κ2) is 11.6. The number of nitrogens with one attached hydrogen (secondary N) is 2. The summed E-state index contributed by atoms with van der Waals surface area (Å²) in [5, 5.41) is 16.8. The van der Waals surface area contributed by atoms with Crippen molar-refractivity contribution in [1.82, 2.24) is 34.9 Å². The Kier molecular flexibility index (Phi) is 7.81. The monoisotopic (exact) mass is 549 g/mol. The zero-order chi connectivity index (χ0) is 26.5. The number of anilines is 3. The predicted molar refractivity (Wildman–Crippen MR) is 148 cm³/mol. The molecule has 0 saturated heterocycles. The van der Waals surface area contributed by atoms with Crippen LogP contribution in [-0.4, -0.2) is 41.5 Å². The lowest BCUT2D eigenvalue weighted by Gasteiger charge is -2.11. The number of halogens is 2. The fraction of sp³-hybridized carbons (Fsp3) is 0.231. The first-order valence-corrected chi connectivity index (χ1v) is 12.7. The highest BCUT2D eigenvalue weighted by Crippen LogP contribution is 2.25. The molecule has 38 heavy (non-hydrogen) atoms. The fourth-order valence-corrected chi connectivity index (χ4v) is 4.29. The van der Waals surface area contributed by atoms with Gasteiger partial charge in [0, 0.05) is 41.1 Å². The van der Waals surface area contributed by atoms with Crippen molar-refractivity contribution in [3.63, 3.8) is 0 Å². The lowest BCUT2D eigenvalue weighted by Crippen LogP contribution is -2.07. The molecule has 0 spiro atoms. The van der Waals surface area contributed by atoms with Crippen LogP contribution in [0.15, 0.2) is 54.9 Å². The zero-order valence-electron chi connectivity index (χ0n) is 20.8. The van der Waals surface area contributed by atoms with E-state index in [0.29, 0.717) is 23.2 Å². The van der Waals surface area contributed by atoms with Gasteiger partial charge in [-0.15, -0.1) is 5.10 Å². The normalized spacial score (nSPS) is 11.1. The van der Waals surface area contributed by atoms with Gasteiger partial charge in [-0.25, -0.2) is 0 Å². The third kappa shape index (κ3) is 6.27. The van der Waals surface area contributed by atoms with Gasteiger partial charge in [0.15, 0.2) is 0 Å². The van der Waals surface area contributed by atoms with E-state index in [4.69, 9.17) is 27.9 Å². The summed E-state index contributed by atoms with van der Waals surface area (Å²) in [7, 11) is 0. The first-order chi connectivity index (χ1) is 18.4. The van der Waals surface area contributed by atoms with Crippen molar-refractivity contribution in [2.75, 3.05) is 17.2 Å². The van der Waals surface area contributed by atoms with Gasteiger partial charge >= 0.3 is 6.01 Å². The van der Waals surface area contributed by atoms with Gasteiger partial charge in [0.1, 0.15) is 12.3 Å². The molecular formula is C26H25Cl2N9O. The van der Waals surface area contributed by atoms with Crippen LogP contribution in [0, 0.1) is 13.8 Å². The first kappa shape index (κ1) is 25.6. The Hall–Kier alpha value is -4.02. The minimum absolute atomic E-state index is 0.0324. The third-order valence-electron chi connectivity index (χ3n) is 5.82. The summed E-state index contributed by atoms with van der Waals surface area (Å²) in [6.07, 6.45) is 4.45. The number of pyridine rings is 1. The molecule has 194 valence electrons. The van der Waals surface area contributed by atoms with Crippen molar-refractivity contribution in [2.24, 2.45) is 0 Å². The molecule has 5 rings (SSSR count). The molecule has 5 aromatic rings. The highest BCUT2D eigenvalue weighted by Gasteiger charge is 2.11. The Morgan fingerprint density at radius 2 is 1.84 bits per heavy atom. The van der Waals surface area contributed by atoms with Crippen LogP contribution in [-0.2, 0) is 13.2 Å². The smallest absolute Gasteiger partial charge is 0.322 e. The Balaban J connectivity index is 1.13. The summed E-state index contributed by atoms with van der Waals surface area (Å²) in [6.45, 7) is 5.61. The summed E-state index contributed by atoms with van der Waals surface area (Å²) < 4.78 is 7.50. The van der Waals surface area contributed by atoms with Crippen molar-refractivity contribution >= 4 is 51.4 Å². The quantitative estimate of drug-likeness (QED) is 0.209. The largest absolute Gasteiger partial charge is 0.457 e. The molecule has 0 aliphatic rings. The van der Waals surface area contributed by atoms with Crippen LogP contribution in [0.3, 0.4) is 0 Å². The molecule has 0 aliphatic heterocycles. The lowest BCUT2D eigenvalue weighted by atomic mass is 10.1. The number of benzene rings is 2.